The molecule has 5 rings (SSSR count). The molecule has 2 heterocycles. The summed E-state index contributed by atoms with van der Waals surface area (Å²) in [4.78, 5) is 153. The number of likely N-dealkylation sites (tertiary alicyclic amines) is 2. The van der Waals surface area contributed by atoms with Crippen molar-refractivity contribution in [3.05, 3.63) is 108 Å². The van der Waals surface area contributed by atoms with E-state index in [1.165, 1.54) is 4.90 Å². The molecule has 0 saturated carbocycles. The Balaban J connectivity index is 1.28. The van der Waals surface area contributed by atoms with Gasteiger partial charge in [-0.1, -0.05) is 91.0 Å². The van der Waals surface area contributed by atoms with Crippen molar-refractivity contribution in [1.82, 2.24) is 47.0 Å². The van der Waals surface area contributed by atoms with E-state index < -0.39 is 133 Å². The fraction of sp³-hybridized carbons (Fsp3) is 0.483. The number of β-amino-alcohol motifs (C(OH)–C–C–N with tert-alkyl or cyclic N) is 1. The lowest BCUT2D eigenvalue weighted by molar-refractivity contribution is -0.148. The molecule has 10 atom stereocenters. The SMILES string of the molecule is NC(N)=NCCC[C@@H](N)C(=O)N[C@@H](CCCN=C(N)N)C(=O)N1CCC[C@H]1C(=O)N1CC(O)C[C@H]1C(=O)NCC(=O)N[C@@H](Cc1ccccc1)C(=O)N[C@@H](CO)C(=O)N[C@H](Cc1ccccc1)C(=O)N[C@@H](Cc1ccccc1)C(=O)N[C@@H](CCCN=C(N)N)C(=O)O. The number of rotatable bonds is 36. The van der Waals surface area contributed by atoms with E-state index in [4.69, 9.17) is 40.1 Å². The van der Waals surface area contributed by atoms with Gasteiger partial charge in [-0.25, -0.2) is 4.79 Å². The quantitative estimate of drug-likeness (QED) is 0.0147. The molecule has 0 aromatic heterocycles. The Labute approximate surface area is 531 Å². The molecule has 500 valence electrons. The minimum atomic E-state index is -1.75. The summed E-state index contributed by atoms with van der Waals surface area (Å²) in [6.07, 6.45) is -0.323. The number of aliphatic hydroxyl groups is 2. The van der Waals surface area contributed by atoms with Crippen molar-refractivity contribution in [2.75, 3.05) is 45.9 Å². The highest BCUT2D eigenvalue weighted by Crippen LogP contribution is 2.27. The normalized spacial score (nSPS) is 17.3. The zero-order chi connectivity index (χ0) is 67.3. The molecule has 1 unspecified atom stereocenters. The van der Waals surface area contributed by atoms with Crippen molar-refractivity contribution in [1.29, 1.82) is 0 Å². The number of carboxylic acid groups (broad SMARTS) is 1. The number of carbonyl (C=O) groups excluding carboxylic acids is 9. The molecule has 0 bridgehead atoms. The number of aliphatic imine (C=N–C) groups is 3. The van der Waals surface area contributed by atoms with Crippen molar-refractivity contribution in [3.8, 4) is 0 Å². The molecule has 2 fully saturated rings. The summed E-state index contributed by atoms with van der Waals surface area (Å²) in [6, 6.07) is 13.3. The highest BCUT2D eigenvalue weighted by Gasteiger charge is 2.46. The van der Waals surface area contributed by atoms with E-state index in [1.54, 1.807) is 91.0 Å². The summed E-state index contributed by atoms with van der Waals surface area (Å²) in [5, 5.41) is 49.4. The number of carboxylic acids is 1. The van der Waals surface area contributed by atoms with Crippen LogP contribution < -0.4 is 77.4 Å². The highest BCUT2D eigenvalue weighted by atomic mass is 16.4. The van der Waals surface area contributed by atoms with Crippen LogP contribution in [0, 0.1) is 0 Å². The van der Waals surface area contributed by atoms with Crippen LogP contribution in [0.2, 0.25) is 0 Å². The Bertz CT molecular complexity index is 3060. The third-order valence-electron chi connectivity index (χ3n) is 15.1. The smallest absolute Gasteiger partial charge is 0.326 e. The van der Waals surface area contributed by atoms with Gasteiger partial charge in [0.15, 0.2) is 17.9 Å². The number of aliphatic carboxylic acids is 1. The lowest BCUT2D eigenvalue weighted by Crippen LogP contribution is -2.60. The maximum atomic E-state index is 14.4. The third-order valence-corrected chi connectivity index (χ3v) is 15.1. The van der Waals surface area contributed by atoms with Gasteiger partial charge in [-0.3, -0.25) is 58.1 Å². The van der Waals surface area contributed by atoms with Crippen LogP contribution in [0.4, 0.5) is 0 Å². The van der Waals surface area contributed by atoms with Crippen molar-refractivity contribution < 1.29 is 63.3 Å². The number of nitrogens with zero attached hydrogens (tertiary/aromatic N) is 5. The van der Waals surface area contributed by atoms with E-state index in [0.29, 0.717) is 29.5 Å². The largest absolute Gasteiger partial charge is 0.480 e. The van der Waals surface area contributed by atoms with Crippen LogP contribution in [0.25, 0.3) is 0 Å². The fourth-order valence-corrected chi connectivity index (χ4v) is 10.4. The summed E-state index contributed by atoms with van der Waals surface area (Å²) < 4.78 is 0. The monoisotopic (exact) mass is 1280 g/mol. The molecule has 32 nitrogen and oxygen atoms in total. The van der Waals surface area contributed by atoms with Gasteiger partial charge in [0.05, 0.1) is 25.3 Å². The molecule has 0 aliphatic carbocycles. The summed E-state index contributed by atoms with van der Waals surface area (Å²) in [5.74, 6) is -9.27. The molecule has 2 aliphatic heterocycles. The van der Waals surface area contributed by atoms with Gasteiger partial charge in [0.2, 0.25) is 53.2 Å². The number of amides is 9. The van der Waals surface area contributed by atoms with Crippen LogP contribution in [-0.4, -0.2) is 208 Å². The molecule has 3 aromatic rings. The number of hydrogen-bond donors (Lipinski definition) is 17. The molecule has 24 N–H and O–H groups in total. The maximum Gasteiger partial charge on any atom is 0.326 e. The van der Waals surface area contributed by atoms with E-state index in [9.17, 15) is 63.3 Å². The molecular formula is C60H87N19O13. The number of benzene rings is 3. The van der Waals surface area contributed by atoms with E-state index in [1.807, 2.05) is 0 Å². The number of carbonyl (C=O) groups is 10. The van der Waals surface area contributed by atoms with Gasteiger partial charge >= 0.3 is 5.97 Å². The fourth-order valence-electron chi connectivity index (χ4n) is 10.4. The predicted molar refractivity (Wildman–Crippen MR) is 338 cm³/mol. The van der Waals surface area contributed by atoms with Gasteiger partial charge in [0.1, 0.15) is 48.3 Å². The second kappa shape index (κ2) is 37.3. The van der Waals surface area contributed by atoms with Gasteiger partial charge in [-0.2, -0.15) is 0 Å². The van der Waals surface area contributed by atoms with Gasteiger partial charge in [-0.15, -0.1) is 0 Å². The highest BCUT2D eigenvalue weighted by molar-refractivity contribution is 5.98. The minimum absolute atomic E-state index is 0.0596. The zero-order valence-corrected chi connectivity index (χ0v) is 51.1. The number of nitrogens with one attached hydrogen (secondary N) is 7. The third kappa shape index (κ3) is 24.1. The van der Waals surface area contributed by atoms with E-state index >= 15 is 0 Å². The van der Waals surface area contributed by atoms with Gasteiger partial charge < -0.3 is 102 Å². The van der Waals surface area contributed by atoms with Crippen LogP contribution in [-0.2, 0) is 67.2 Å². The van der Waals surface area contributed by atoms with Crippen molar-refractivity contribution in [2.24, 2.45) is 55.1 Å². The molecule has 92 heavy (non-hydrogen) atoms. The average molecular weight is 1280 g/mol. The molecule has 2 saturated heterocycles. The molecular weight excluding hydrogens is 1190 g/mol. The first-order chi connectivity index (χ1) is 43.9. The van der Waals surface area contributed by atoms with E-state index in [-0.39, 0.29) is 115 Å². The maximum absolute atomic E-state index is 14.4. The molecule has 0 spiro atoms. The second-order valence-corrected chi connectivity index (χ2v) is 22.3. The molecule has 0 radical (unpaired) electrons. The lowest BCUT2D eigenvalue weighted by atomic mass is 10.0. The number of aliphatic hydroxyl groups excluding tert-OH is 2. The second-order valence-electron chi connectivity index (χ2n) is 22.3. The van der Waals surface area contributed by atoms with Gasteiger partial charge in [-0.05, 0) is 68.1 Å². The summed E-state index contributed by atoms with van der Waals surface area (Å²) in [6.45, 7) is -1.52. The topological polar surface area (TPSA) is 541 Å². The number of nitrogens with two attached hydrogens (primary N) is 7. The number of hydrogen-bond acceptors (Lipinski definition) is 16. The Morgan fingerprint density at radius 1 is 0.522 bits per heavy atom. The summed E-state index contributed by atoms with van der Waals surface area (Å²) in [5.41, 5.74) is 40.4. The van der Waals surface area contributed by atoms with Crippen molar-refractivity contribution in [3.63, 3.8) is 0 Å². The van der Waals surface area contributed by atoms with Gasteiger partial charge in [0.25, 0.3) is 0 Å². The first kappa shape index (κ1) is 72.8. The standard InChI is InChI=1S/C60H87N19O13/c61-39(20-10-24-68-58(62)63)49(83)73-40(21-11-25-69-59(64)65)55(89)78-27-13-23-46(78)56(90)79-33-38(81)31-47(79)54(88)71-32-48(82)72-42(28-35-14-4-1-5-15-35)50(84)77-45(34-80)53(87)76-44(30-37-18-8-3-9-19-37)52(86)75-43(29-36-16-6-2-7-17-36)51(85)74-41(57(91)92)22-12-26-70-60(66)67/h1-9,14-19,38-47,80-81H,10-13,20-34,61H2,(H,71,88)(H,72,82)(H,73,83)(H,74,85)(H,75,86)(H,76,87)(H,77,84)(H,91,92)(H4,62,63,68)(H4,64,65,69)(H4,66,67,70)/t38?,39-,40+,41+,42+,43+,44-,45+,46+,47+/m1/s1. The Morgan fingerprint density at radius 3 is 1.39 bits per heavy atom. The predicted octanol–water partition coefficient (Wildman–Crippen LogP) is -5.74. The Morgan fingerprint density at radius 2 is 0.935 bits per heavy atom. The molecule has 32 heteroatoms. The summed E-state index contributed by atoms with van der Waals surface area (Å²) >= 11 is 0. The average Bonchev–Trinajstić information content (AvgIpc) is 1.75. The lowest BCUT2D eigenvalue weighted by Gasteiger charge is -2.33. The van der Waals surface area contributed by atoms with E-state index in [2.05, 4.69) is 52.2 Å². The molecule has 3 aromatic carbocycles. The van der Waals surface area contributed by atoms with Crippen LogP contribution in [0.15, 0.2) is 106 Å². The first-order valence-corrected chi connectivity index (χ1v) is 30.2. The van der Waals surface area contributed by atoms with Gasteiger partial charge in [0, 0.05) is 58.4 Å². The van der Waals surface area contributed by atoms with Crippen molar-refractivity contribution >= 4 is 77.0 Å². The van der Waals surface area contributed by atoms with Crippen LogP contribution in [0.1, 0.15) is 74.5 Å². The van der Waals surface area contributed by atoms with Crippen LogP contribution >= 0.6 is 0 Å². The molecule has 9 amide bonds. The minimum Gasteiger partial charge on any atom is -0.480 e. The first-order valence-electron chi connectivity index (χ1n) is 30.2. The van der Waals surface area contributed by atoms with Crippen LogP contribution in [0.5, 0.6) is 0 Å². The van der Waals surface area contributed by atoms with Crippen molar-refractivity contribution in [2.45, 2.75) is 138 Å². The Kier molecular flexibility index (Phi) is 29.5. The number of guanidine groups is 3. The summed E-state index contributed by atoms with van der Waals surface area (Å²) in [7, 11) is 0. The molecule has 2 aliphatic rings. The Hall–Kier alpha value is -9.95. The zero-order valence-electron chi connectivity index (χ0n) is 51.1. The van der Waals surface area contributed by atoms with Crippen LogP contribution in [0.3, 0.4) is 0 Å². The van der Waals surface area contributed by atoms with E-state index in [0.717, 1.165) is 4.90 Å².